The van der Waals surface area contributed by atoms with Crippen LogP contribution >= 0.6 is 22.9 Å². The highest BCUT2D eigenvalue weighted by Gasteiger charge is 2.31. The van der Waals surface area contributed by atoms with Gasteiger partial charge in [0, 0.05) is 11.1 Å². The van der Waals surface area contributed by atoms with E-state index in [-0.39, 0.29) is 32.0 Å². The van der Waals surface area contributed by atoms with Gasteiger partial charge in [-0.25, -0.2) is 4.98 Å². The van der Waals surface area contributed by atoms with E-state index in [1.54, 1.807) is 12.1 Å². The van der Waals surface area contributed by atoms with Crippen LogP contribution in [0.25, 0.3) is 0 Å². The molecule has 0 spiro atoms. The second-order valence-corrected chi connectivity index (χ2v) is 5.67. The van der Waals surface area contributed by atoms with Crippen LogP contribution in [0, 0.1) is 10.1 Å². The summed E-state index contributed by atoms with van der Waals surface area (Å²) in [7, 11) is 0. The number of rotatable bonds is 3. The van der Waals surface area contributed by atoms with Gasteiger partial charge in [0.15, 0.2) is 5.13 Å². The maximum Gasteiger partial charge on any atom is 0.345 e. The Morgan fingerprint density at radius 3 is 2.41 bits per heavy atom. The first-order valence-electron chi connectivity index (χ1n) is 5.94. The molecule has 22 heavy (non-hydrogen) atoms. The Bertz CT molecular complexity index is 858. The number of Topliss-reactive ketones (excluding diaryl/α,β-unsaturated/α-hetero) is 2. The highest BCUT2D eigenvalue weighted by molar-refractivity contribution is 7.18. The van der Waals surface area contributed by atoms with Crippen LogP contribution in [-0.2, 0) is 0 Å². The number of anilines is 1. The molecule has 0 atom stereocenters. The first-order chi connectivity index (χ1) is 10.5. The van der Waals surface area contributed by atoms with Crippen molar-refractivity contribution in [2.24, 2.45) is 0 Å². The summed E-state index contributed by atoms with van der Waals surface area (Å²) < 4.78 is 0. The third kappa shape index (κ3) is 2.28. The number of carbonyl (C=O) groups excluding carboxylic acids is 2. The smallest absolute Gasteiger partial charge is 0.327 e. The van der Waals surface area contributed by atoms with Gasteiger partial charge in [-0.3, -0.25) is 19.7 Å². The van der Waals surface area contributed by atoms with E-state index in [2.05, 4.69) is 10.3 Å². The van der Waals surface area contributed by atoms with E-state index < -0.39 is 16.5 Å². The molecule has 2 aromatic rings. The second kappa shape index (κ2) is 5.32. The maximum atomic E-state index is 12.4. The predicted molar refractivity (Wildman–Crippen MR) is 80.4 cm³/mol. The average molecular weight is 336 g/mol. The van der Waals surface area contributed by atoms with Gasteiger partial charge in [-0.05, 0) is 11.3 Å². The molecule has 1 aliphatic rings. The first-order valence-corrected chi connectivity index (χ1v) is 7.14. The first kappa shape index (κ1) is 14.4. The zero-order valence-electron chi connectivity index (χ0n) is 10.7. The number of hydrogen-bond acceptors (Lipinski definition) is 7. The topological polar surface area (TPSA) is 102 Å². The number of ketones is 2. The van der Waals surface area contributed by atoms with Gasteiger partial charge in [0.2, 0.25) is 11.6 Å². The molecule has 1 aliphatic carbocycles. The fourth-order valence-electron chi connectivity index (χ4n) is 1.97. The van der Waals surface area contributed by atoms with Crippen molar-refractivity contribution in [1.29, 1.82) is 0 Å². The zero-order chi connectivity index (χ0) is 15.9. The molecular formula is C13H6ClN3O4S. The van der Waals surface area contributed by atoms with Gasteiger partial charge in [-0.1, -0.05) is 35.9 Å². The lowest BCUT2D eigenvalue weighted by Gasteiger charge is -2.17. The molecule has 0 unspecified atom stereocenters. The number of nitrogens with zero attached hydrogens (tertiary/aromatic N) is 2. The number of allylic oxidation sites excluding steroid dienone is 2. The SMILES string of the molecule is O=C1C(Cl)=C(Nc2ncc([N+](=O)[O-])s2)C(=O)c2ccccc21. The monoisotopic (exact) mass is 335 g/mol. The minimum absolute atomic E-state index is 0.111. The van der Waals surface area contributed by atoms with Gasteiger partial charge in [0.25, 0.3) is 0 Å². The Balaban J connectivity index is 1.99. The third-order valence-electron chi connectivity index (χ3n) is 2.97. The van der Waals surface area contributed by atoms with Crippen LogP contribution in [-0.4, -0.2) is 21.5 Å². The van der Waals surface area contributed by atoms with Crippen LogP contribution in [0.3, 0.4) is 0 Å². The highest BCUT2D eigenvalue weighted by atomic mass is 35.5. The molecule has 0 bridgehead atoms. The number of halogens is 1. The number of nitrogens with one attached hydrogen (secondary N) is 1. The molecule has 1 aromatic heterocycles. The van der Waals surface area contributed by atoms with E-state index in [1.165, 1.54) is 12.1 Å². The number of nitro groups is 1. The number of fused-ring (bicyclic) bond motifs is 1. The standard InChI is InChI=1S/C13H6ClN3O4S/c14-9-10(16-13-15-5-8(22-13)17(20)21)12(19)7-4-2-1-3-6(7)11(9)18/h1-5H,(H,15,16). The van der Waals surface area contributed by atoms with Gasteiger partial charge in [-0.2, -0.15) is 0 Å². The molecule has 9 heteroatoms. The number of carbonyl (C=O) groups is 2. The summed E-state index contributed by atoms with van der Waals surface area (Å²) >= 11 is 6.71. The van der Waals surface area contributed by atoms with E-state index >= 15 is 0 Å². The van der Waals surface area contributed by atoms with Gasteiger partial charge in [-0.15, -0.1) is 0 Å². The predicted octanol–water partition coefficient (Wildman–Crippen LogP) is 2.99. The molecule has 3 rings (SSSR count). The number of hydrogen-bond donors (Lipinski definition) is 1. The van der Waals surface area contributed by atoms with Crippen LogP contribution in [0.1, 0.15) is 20.7 Å². The maximum absolute atomic E-state index is 12.4. The van der Waals surface area contributed by atoms with Crippen molar-refractivity contribution in [3.63, 3.8) is 0 Å². The Hall–Kier alpha value is -2.58. The molecule has 0 amide bonds. The molecule has 0 saturated carbocycles. The average Bonchev–Trinajstić information content (AvgIpc) is 2.98. The summed E-state index contributed by atoms with van der Waals surface area (Å²) in [6.45, 7) is 0. The van der Waals surface area contributed by atoms with Gasteiger partial charge < -0.3 is 5.32 Å². The van der Waals surface area contributed by atoms with Crippen molar-refractivity contribution in [3.05, 3.63) is 62.4 Å². The number of aromatic nitrogens is 1. The minimum atomic E-state index is -0.595. The molecule has 1 heterocycles. The lowest BCUT2D eigenvalue weighted by molar-refractivity contribution is -0.380. The largest absolute Gasteiger partial charge is 0.345 e. The van der Waals surface area contributed by atoms with Crippen LogP contribution in [0.5, 0.6) is 0 Å². The van der Waals surface area contributed by atoms with Crippen LogP contribution in [0.2, 0.25) is 0 Å². The van der Waals surface area contributed by atoms with Gasteiger partial charge in [0.05, 0.1) is 4.92 Å². The summed E-state index contributed by atoms with van der Waals surface area (Å²) in [6, 6.07) is 6.31. The van der Waals surface area contributed by atoms with E-state index in [0.717, 1.165) is 17.5 Å². The normalized spacial score (nSPS) is 14.0. The molecule has 1 N–H and O–H groups in total. The third-order valence-corrected chi connectivity index (χ3v) is 4.19. The van der Waals surface area contributed by atoms with E-state index in [0.29, 0.717) is 0 Å². The van der Waals surface area contributed by atoms with Crippen LogP contribution in [0.15, 0.2) is 41.2 Å². The Kier molecular flexibility index (Phi) is 3.47. The fourth-order valence-corrected chi connectivity index (χ4v) is 2.84. The molecular weight excluding hydrogens is 330 g/mol. The molecule has 0 aliphatic heterocycles. The van der Waals surface area contributed by atoms with Crippen molar-refractivity contribution in [3.8, 4) is 0 Å². The molecule has 110 valence electrons. The van der Waals surface area contributed by atoms with Crippen molar-refractivity contribution in [2.45, 2.75) is 0 Å². The summed E-state index contributed by atoms with van der Waals surface area (Å²) in [5, 5.41) is 12.9. The van der Waals surface area contributed by atoms with E-state index in [4.69, 9.17) is 11.6 Å². The lowest BCUT2D eigenvalue weighted by atomic mass is 9.92. The summed E-state index contributed by atoms with van der Waals surface area (Å²) in [5.74, 6) is -0.941. The number of thiazole rings is 1. The van der Waals surface area contributed by atoms with Crippen molar-refractivity contribution in [1.82, 2.24) is 4.98 Å². The fraction of sp³-hybridized carbons (Fsp3) is 0. The molecule has 0 fully saturated rings. The Labute approximate surface area is 132 Å². The lowest BCUT2D eigenvalue weighted by Crippen LogP contribution is -2.24. The Morgan fingerprint density at radius 1 is 1.18 bits per heavy atom. The summed E-state index contributed by atoms with van der Waals surface area (Å²) in [6.07, 6.45) is 1.06. The van der Waals surface area contributed by atoms with Crippen molar-refractivity contribution >= 4 is 44.6 Å². The molecule has 0 radical (unpaired) electrons. The molecule has 0 saturated heterocycles. The summed E-state index contributed by atoms with van der Waals surface area (Å²) in [4.78, 5) is 38.4. The van der Waals surface area contributed by atoms with E-state index in [1.807, 2.05) is 0 Å². The summed E-state index contributed by atoms with van der Waals surface area (Å²) in [5.41, 5.74) is 0.327. The van der Waals surface area contributed by atoms with Crippen molar-refractivity contribution < 1.29 is 14.5 Å². The second-order valence-electron chi connectivity index (χ2n) is 4.28. The Morgan fingerprint density at radius 2 is 1.82 bits per heavy atom. The van der Waals surface area contributed by atoms with E-state index in [9.17, 15) is 19.7 Å². The highest BCUT2D eigenvalue weighted by Crippen LogP contribution is 2.32. The zero-order valence-corrected chi connectivity index (χ0v) is 12.3. The quantitative estimate of drug-likeness (QED) is 0.683. The van der Waals surface area contributed by atoms with Crippen LogP contribution in [0.4, 0.5) is 10.1 Å². The molecule has 1 aromatic carbocycles. The van der Waals surface area contributed by atoms with Crippen molar-refractivity contribution in [2.75, 3.05) is 5.32 Å². The van der Waals surface area contributed by atoms with Gasteiger partial charge in [0.1, 0.15) is 16.9 Å². The van der Waals surface area contributed by atoms with Gasteiger partial charge >= 0.3 is 5.00 Å². The van der Waals surface area contributed by atoms with Crippen LogP contribution < -0.4 is 5.32 Å². The number of benzene rings is 1. The molecule has 7 nitrogen and oxygen atoms in total. The minimum Gasteiger partial charge on any atom is -0.327 e.